The third-order valence-corrected chi connectivity index (χ3v) is 3.82. The van der Waals surface area contributed by atoms with E-state index in [1.54, 1.807) is 11.8 Å². The Labute approximate surface area is 125 Å². The molecule has 0 saturated carbocycles. The van der Waals surface area contributed by atoms with Gasteiger partial charge in [-0.05, 0) is 55.5 Å². The zero-order chi connectivity index (χ0) is 14.4. The quantitative estimate of drug-likeness (QED) is 0.776. The fourth-order valence-corrected chi connectivity index (χ4v) is 2.40. The maximum absolute atomic E-state index is 5.68. The van der Waals surface area contributed by atoms with Gasteiger partial charge >= 0.3 is 0 Å². The number of anilines is 1. The fourth-order valence-electron chi connectivity index (χ4n) is 1.99. The molecule has 0 aliphatic heterocycles. The van der Waals surface area contributed by atoms with Crippen LogP contribution in [-0.2, 0) is 6.54 Å². The first-order chi connectivity index (χ1) is 9.72. The zero-order valence-corrected chi connectivity index (χ0v) is 13.1. The molecule has 0 radical (unpaired) electrons. The first-order valence-corrected chi connectivity index (χ1v) is 8.05. The average molecular weight is 287 g/mol. The predicted octanol–water partition coefficient (Wildman–Crippen LogP) is 4.73. The van der Waals surface area contributed by atoms with Crippen LogP contribution in [0.25, 0.3) is 0 Å². The van der Waals surface area contributed by atoms with Crippen molar-refractivity contribution in [3.05, 3.63) is 53.6 Å². The van der Waals surface area contributed by atoms with Gasteiger partial charge in [0, 0.05) is 11.4 Å². The van der Waals surface area contributed by atoms with E-state index >= 15 is 0 Å². The Bertz CT molecular complexity index is 551. The summed E-state index contributed by atoms with van der Waals surface area (Å²) >= 11 is 1.76. The molecule has 0 heterocycles. The molecule has 0 amide bonds. The van der Waals surface area contributed by atoms with Crippen molar-refractivity contribution in [3.8, 4) is 5.75 Å². The van der Waals surface area contributed by atoms with Crippen molar-refractivity contribution in [2.24, 2.45) is 0 Å². The number of hydrogen-bond acceptors (Lipinski definition) is 3. The highest BCUT2D eigenvalue weighted by molar-refractivity contribution is 7.98. The highest BCUT2D eigenvalue weighted by Crippen LogP contribution is 2.26. The summed E-state index contributed by atoms with van der Waals surface area (Å²) in [6.45, 7) is 5.57. The van der Waals surface area contributed by atoms with Crippen molar-refractivity contribution in [3.63, 3.8) is 0 Å². The maximum Gasteiger partial charge on any atom is 0.142 e. The number of thioether (sulfide) groups is 1. The lowest BCUT2D eigenvalue weighted by atomic mass is 10.2. The van der Waals surface area contributed by atoms with Crippen LogP contribution in [0.5, 0.6) is 5.75 Å². The van der Waals surface area contributed by atoms with Gasteiger partial charge in [0.15, 0.2) is 0 Å². The van der Waals surface area contributed by atoms with Crippen molar-refractivity contribution >= 4 is 17.4 Å². The smallest absolute Gasteiger partial charge is 0.142 e. The Morgan fingerprint density at radius 1 is 1.10 bits per heavy atom. The summed E-state index contributed by atoms with van der Waals surface area (Å²) in [4.78, 5) is 1.29. The molecular weight excluding hydrogens is 266 g/mol. The molecule has 0 aliphatic carbocycles. The lowest BCUT2D eigenvalue weighted by molar-refractivity contribution is 0.341. The molecule has 0 spiro atoms. The fraction of sp³-hybridized carbons (Fsp3) is 0.294. The van der Waals surface area contributed by atoms with Gasteiger partial charge in [0.1, 0.15) is 5.75 Å². The van der Waals surface area contributed by atoms with Crippen LogP contribution in [0.4, 0.5) is 5.69 Å². The molecule has 2 rings (SSSR count). The molecule has 1 N–H and O–H groups in total. The van der Waals surface area contributed by atoms with Crippen molar-refractivity contribution in [2.45, 2.75) is 25.3 Å². The number of hydrogen-bond donors (Lipinski definition) is 1. The monoisotopic (exact) mass is 287 g/mol. The van der Waals surface area contributed by atoms with Gasteiger partial charge in [-0.15, -0.1) is 11.8 Å². The largest absolute Gasteiger partial charge is 0.492 e. The molecule has 2 nitrogen and oxygen atoms in total. The van der Waals surface area contributed by atoms with Crippen LogP contribution in [0.15, 0.2) is 47.4 Å². The Balaban J connectivity index is 2.05. The van der Waals surface area contributed by atoms with Gasteiger partial charge in [0.05, 0.1) is 12.3 Å². The van der Waals surface area contributed by atoms with Crippen LogP contribution in [0, 0.1) is 6.92 Å². The first-order valence-electron chi connectivity index (χ1n) is 6.83. The van der Waals surface area contributed by atoms with Crippen LogP contribution < -0.4 is 10.1 Å². The average Bonchev–Trinajstić information content (AvgIpc) is 2.47. The minimum Gasteiger partial charge on any atom is -0.492 e. The first kappa shape index (κ1) is 14.8. The van der Waals surface area contributed by atoms with Gasteiger partial charge in [0.2, 0.25) is 0 Å². The summed E-state index contributed by atoms with van der Waals surface area (Å²) in [6.07, 6.45) is 2.09. The Morgan fingerprint density at radius 3 is 2.50 bits per heavy atom. The molecule has 0 atom stereocenters. The summed E-state index contributed by atoms with van der Waals surface area (Å²) in [7, 11) is 0. The van der Waals surface area contributed by atoms with E-state index in [4.69, 9.17) is 4.74 Å². The van der Waals surface area contributed by atoms with E-state index in [0.717, 1.165) is 18.0 Å². The van der Waals surface area contributed by atoms with E-state index in [2.05, 4.69) is 61.0 Å². The van der Waals surface area contributed by atoms with Gasteiger partial charge in [-0.1, -0.05) is 18.2 Å². The third kappa shape index (κ3) is 3.94. The highest BCUT2D eigenvalue weighted by Gasteiger charge is 2.03. The second-order valence-electron chi connectivity index (χ2n) is 4.63. The van der Waals surface area contributed by atoms with Crippen LogP contribution in [0.3, 0.4) is 0 Å². The van der Waals surface area contributed by atoms with Gasteiger partial charge in [0.25, 0.3) is 0 Å². The SMILES string of the molecule is CCOc1cc(C)ccc1NCc1ccc(SC)cc1. The Hall–Kier alpha value is -1.61. The molecule has 0 aliphatic rings. The van der Waals surface area contributed by atoms with E-state index < -0.39 is 0 Å². The molecule has 3 heteroatoms. The van der Waals surface area contributed by atoms with Gasteiger partial charge in [-0.3, -0.25) is 0 Å². The van der Waals surface area contributed by atoms with Crippen molar-refractivity contribution in [2.75, 3.05) is 18.2 Å². The molecule has 0 aromatic heterocycles. The predicted molar refractivity (Wildman–Crippen MR) is 87.9 cm³/mol. The third-order valence-electron chi connectivity index (χ3n) is 3.08. The lowest BCUT2D eigenvalue weighted by Crippen LogP contribution is -2.03. The standard InChI is InChI=1S/C17H21NOS/c1-4-19-17-11-13(2)5-10-16(17)18-12-14-6-8-15(20-3)9-7-14/h5-11,18H,4,12H2,1-3H3. The van der Waals surface area contributed by atoms with Crippen molar-refractivity contribution in [1.29, 1.82) is 0 Å². The molecular formula is C17H21NOS. The van der Waals surface area contributed by atoms with Crippen molar-refractivity contribution in [1.82, 2.24) is 0 Å². The highest BCUT2D eigenvalue weighted by atomic mass is 32.2. The molecule has 20 heavy (non-hydrogen) atoms. The van der Waals surface area contributed by atoms with Gasteiger partial charge < -0.3 is 10.1 Å². The van der Waals surface area contributed by atoms with E-state index in [9.17, 15) is 0 Å². The van der Waals surface area contributed by atoms with E-state index in [-0.39, 0.29) is 0 Å². The molecule has 2 aromatic rings. The van der Waals surface area contributed by atoms with Crippen LogP contribution in [-0.4, -0.2) is 12.9 Å². The number of nitrogens with one attached hydrogen (secondary N) is 1. The van der Waals surface area contributed by atoms with Crippen LogP contribution in [0.1, 0.15) is 18.1 Å². The summed E-state index contributed by atoms with van der Waals surface area (Å²) < 4.78 is 5.68. The summed E-state index contributed by atoms with van der Waals surface area (Å²) in [6, 6.07) is 14.9. The van der Waals surface area contributed by atoms with Crippen LogP contribution >= 0.6 is 11.8 Å². The van der Waals surface area contributed by atoms with E-state index in [0.29, 0.717) is 6.61 Å². The van der Waals surface area contributed by atoms with E-state index in [1.165, 1.54) is 16.0 Å². The topological polar surface area (TPSA) is 21.3 Å². The molecule has 2 aromatic carbocycles. The second kappa shape index (κ2) is 7.25. The minimum absolute atomic E-state index is 0.681. The van der Waals surface area contributed by atoms with E-state index in [1.807, 2.05) is 6.92 Å². The van der Waals surface area contributed by atoms with Crippen molar-refractivity contribution < 1.29 is 4.74 Å². The lowest BCUT2D eigenvalue weighted by Gasteiger charge is -2.13. The number of ether oxygens (including phenoxy) is 1. The summed E-state index contributed by atoms with van der Waals surface area (Å²) in [5.41, 5.74) is 3.53. The zero-order valence-electron chi connectivity index (χ0n) is 12.3. The number of aryl methyl sites for hydroxylation is 1. The minimum atomic E-state index is 0.681. The Kier molecular flexibility index (Phi) is 5.36. The Morgan fingerprint density at radius 2 is 1.85 bits per heavy atom. The molecule has 0 bridgehead atoms. The number of benzene rings is 2. The van der Waals surface area contributed by atoms with Gasteiger partial charge in [-0.2, -0.15) is 0 Å². The molecule has 0 fully saturated rings. The molecule has 0 unspecified atom stereocenters. The molecule has 106 valence electrons. The summed E-state index contributed by atoms with van der Waals surface area (Å²) in [5.74, 6) is 0.924. The maximum atomic E-state index is 5.68. The molecule has 0 saturated heterocycles. The van der Waals surface area contributed by atoms with Gasteiger partial charge in [-0.25, -0.2) is 0 Å². The second-order valence-corrected chi connectivity index (χ2v) is 5.51. The summed E-state index contributed by atoms with van der Waals surface area (Å²) in [5, 5.41) is 3.45. The number of rotatable bonds is 6. The van der Waals surface area contributed by atoms with Crippen LogP contribution in [0.2, 0.25) is 0 Å². The normalized spacial score (nSPS) is 10.3.